The number of anilines is 1. The van der Waals surface area contributed by atoms with E-state index in [9.17, 15) is 24.8 Å². The van der Waals surface area contributed by atoms with E-state index in [-0.39, 0.29) is 11.4 Å². The molecule has 0 aromatic heterocycles. The van der Waals surface area contributed by atoms with Crippen molar-refractivity contribution in [1.82, 2.24) is 0 Å². The fourth-order valence-electron chi connectivity index (χ4n) is 4.23. The molecule has 8 nitrogen and oxygen atoms in total. The average Bonchev–Trinajstić information content (AvgIpc) is 3.14. The number of ether oxygens (including phenoxy) is 1. The molecule has 1 aromatic carbocycles. The molecule has 0 unspecified atom stereocenters. The zero-order chi connectivity index (χ0) is 18.1. The highest BCUT2D eigenvalue weighted by atomic mass is 16.6. The number of aliphatic hydroxyl groups excluding tert-OH is 1. The zero-order valence-corrected chi connectivity index (χ0v) is 13.6. The molecule has 4 rings (SSSR count). The van der Waals surface area contributed by atoms with Crippen LogP contribution in [0.15, 0.2) is 30.4 Å². The van der Waals surface area contributed by atoms with Crippen molar-refractivity contribution in [2.45, 2.75) is 25.0 Å². The van der Waals surface area contributed by atoms with Crippen LogP contribution in [0.2, 0.25) is 0 Å². The molecule has 2 saturated heterocycles. The molecular formula is C17H16N2O6. The fourth-order valence-corrected chi connectivity index (χ4v) is 4.23. The minimum Gasteiger partial charge on any atom is -0.393 e. The molecule has 4 atom stereocenters. The Bertz CT molecular complexity index is 865. The molecule has 25 heavy (non-hydrogen) atoms. The molecule has 0 spiro atoms. The first kappa shape index (κ1) is 15.9. The van der Waals surface area contributed by atoms with Gasteiger partial charge < -0.3 is 9.84 Å². The van der Waals surface area contributed by atoms with E-state index in [0.717, 1.165) is 4.90 Å². The first-order chi connectivity index (χ1) is 11.7. The molecule has 2 fully saturated rings. The molecule has 2 bridgehead atoms. The highest BCUT2D eigenvalue weighted by Crippen LogP contribution is 2.57. The van der Waals surface area contributed by atoms with Crippen LogP contribution in [0.3, 0.4) is 0 Å². The second kappa shape index (κ2) is 4.74. The third-order valence-electron chi connectivity index (χ3n) is 5.45. The second-order valence-electron chi connectivity index (χ2n) is 6.93. The van der Waals surface area contributed by atoms with Crippen molar-refractivity contribution in [1.29, 1.82) is 0 Å². The van der Waals surface area contributed by atoms with Crippen LogP contribution in [0.5, 0.6) is 0 Å². The molecule has 1 aromatic rings. The van der Waals surface area contributed by atoms with E-state index < -0.39 is 46.4 Å². The molecular weight excluding hydrogens is 328 g/mol. The highest BCUT2D eigenvalue weighted by Gasteiger charge is 2.72. The SMILES string of the molecule is Cc1ccc([N+](=O)[O-])cc1N1C(=O)[C@@H]2[C@@H](C1=O)[C@@]1(CO)C=C[C@@]2(C)O1. The van der Waals surface area contributed by atoms with Crippen LogP contribution in [0.1, 0.15) is 12.5 Å². The monoisotopic (exact) mass is 344 g/mol. The number of fused-ring (bicyclic) bond motifs is 5. The third kappa shape index (κ3) is 1.83. The highest BCUT2D eigenvalue weighted by molar-refractivity contribution is 6.24. The Kier molecular flexibility index (Phi) is 3.02. The van der Waals surface area contributed by atoms with Crippen LogP contribution in [-0.4, -0.2) is 39.7 Å². The van der Waals surface area contributed by atoms with Crippen LogP contribution >= 0.6 is 0 Å². The fraction of sp³-hybridized carbons (Fsp3) is 0.412. The van der Waals surface area contributed by atoms with Gasteiger partial charge in [0.2, 0.25) is 11.8 Å². The normalized spacial score (nSPS) is 35.6. The summed E-state index contributed by atoms with van der Waals surface area (Å²) < 4.78 is 5.84. The summed E-state index contributed by atoms with van der Waals surface area (Å²) in [6, 6.07) is 4.07. The van der Waals surface area contributed by atoms with Gasteiger partial charge in [-0.25, -0.2) is 4.90 Å². The van der Waals surface area contributed by atoms with E-state index in [0.29, 0.717) is 5.56 Å². The number of amides is 2. The maximum atomic E-state index is 13.0. The minimum absolute atomic E-state index is 0.196. The van der Waals surface area contributed by atoms with E-state index in [1.54, 1.807) is 26.0 Å². The number of aryl methyl sites for hydroxylation is 1. The third-order valence-corrected chi connectivity index (χ3v) is 5.45. The van der Waals surface area contributed by atoms with Crippen LogP contribution < -0.4 is 4.90 Å². The van der Waals surface area contributed by atoms with Crippen molar-refractivity contribution in [3.05, 3.63) is 46.0 Å². The van der Waals surface area contributed by atoms with E-state index >= 15 is 0 Å². The van der Waals surface area contributed by atoms with Gasteiger partial charge >= 0.3 is 0 Å². The number of rotatable bonds is 3. The first-order valence-corrected chi connectivity index (χ1v) is 7.88. The van der Waals surface area contributed by atoms with Gasteiger partial charge in [0.05, 0.1) is 34.7 Å². The van der Waals surface area contributed by atoms with Crippen molar-refractivity contribution in [2.24, 2.45) is 11.8 Å². The summed E-state index contributed by atoms with van der Waals surface area (Å²) >= 11 is 0. The Morgan fingerprint density at radius 2 is 1.96 bits per heavy atom. The number of hydrogen-bond acceptors (Lipinski definition) is 6. The number of carbonyl (C=O) groups excluding carboxylic acids is 2. The maximum Gasteiger partial charge on any atom is 0.271 e. The second-order valence-corrected chi connectivity index (χ2v) is 6.93. The lowest BCUT2D eigenvalue weighted by atomic mass is 9.73. The van der Waals surface area contributed by atoms with Gasteiger partial charge in [0, 0.05) is 12.1 Å². The largest absolute Gasteiger partial charge is 0.393 e. The quantitative estimate of drug-likeness (QED) is 0.380. The molecule has 0 aliphatic carbocycles. The van der Waals surface area contributed by atoms with Crippen LogP contribution in [-0.2, 0) is 14.3 Å². The Hall–Kier alpha value is -2.58. The summed E-state index contributed by atoms with van der Waals surface area (Å²) in [5.41, 5.74) is -1.59. The van der Waals surface area contributed by atoms with Crippen molar-refractivity contribution in [2.75, 3.05) is 11.5 Å². The summed E-state index contributed by atoms with van der Waals surface area (Å²) in [4.78, 5) is 37.6. The lowest BCUT2D eigenvalue weighted by Crippen LogP contribution is -2.43. The van der Waals surface area contributed by atoms with Gasteiger partial charge in [0.25, 0.3) is 5.69 Å². The predicted octanol–water partition coefficient (Wildman–Crippen LogP) is 1.10. The number of benzene rings is 1. The van der Waals surface area contributed by atoms with E-state index in [2.05, 4.69) is 0 Å². The van der Waals surface area contributed by atoms with Gasteiger partial charge in [0.1, 0.15) is 5.60 Å². The standard InChI is InChI=1S/C17H16N2O6/c1-9-3-4-10(19(23)24)7-11(9)18-14(21)12-13(15(18)22)17(8-20)6-5-16(12,2)25-17/h3-7,12-13,20H,8H2,1-2H3/t12-,13-,16+,17-/m0/s1. The molecule has 8 heteroatoms. The Balaban J connectivity index is 1.83. The molecule has 0 saturated carbocycles. The van der Waals surface area contributed by atoms with Gasteiger partial charge in [-0.05, 0) is 19.4 Å². The number of nitrogens with zero attached hydrogens (tertiary/aromatic N) is 2. The maximum absolute atomic E-state index is 13.0. The number of aliphatic hydroxyl groups is 1. The number of hydrogen-bond donors (Lipinski definition) is 1. The summed E-state index contributed by atoms with van der Waals surface area (Å²) in [6.45, 7) is 2.97. The Morgan fingerprint density at radius 1 is 1.28 bits per heavy atom. The molecule has 0 radical (unpaired) electrons. The summed E-state index contributed by atoms with van der Waals surface area (Å²) in [6.07, 6.45) is 3.35. The summed E-state index contributed by atoms with van der Waals surface area (Å²) in [7, 11) is 0. The van der Waals surface area contributed by atoms with Crippen LogP contribution in [0.25, 0.3) is 0 Å². The van der Waals surface area contributed by atoms with E-state index in [4.69, 9.17) is 4.74 Å². The van der Waals surface area contributed by atoms with Crippen molar-refractivity contribution < 1.29 is 24.4 Å². The number of nitro groups is 1. The molecule has 2 amide bonds. The molecule has 3 aliphatic rings. The van der Waals surface area contributed by atoms with E-state index in [1.807, 2.05) is 0 Å². The summed E-state index contributed by atoms with van der Waals surface area (Å²) in [5.74, 6) is -2.55. The van der Waals surface area contributed by atoms with Crippen molar-refractivity contribution >= 4 is 23.2 Å². The average molecular weight is 344 g/mol. The van der Waals surface area contributed by atoms with Crippen molar-refractivity contribution in [3.63, 3.8) is 0 Å². The van der Waals surface area contributed by atoms with Crippen LogP contribution in [0.4, 0.5) is 11.4 Å². The van der Waals surface area contributed by atoms with Gasteiger partial charge in [0.15, 0.2) is 0 Å². The van der Waals surface area contributed by atoms with Crippen LogP contribution in [0, 0.1) is 28.9 Å². The predicted molar refractivity (Wildman–Crippen MR) is 85.8 cm³/mol. The van der Waals surface area contributed by atoms with Gasteiger partial charge in [-0.2, -0.15) is 0 Å². The zero-order valence-electron chi connectivity index (χ0n) is 13.6. The Morgan fingerprint density at radius 3 is 2.60 bits per heavy atom. The van der Waals surface area contributed by atoms with E-state index in [1.165, 1.54) is 18.2 Å². The molecule has 130 valence electrons. The topological polar surface area (TPSA) is 110 Å². The molecule has 3 heterocycles. The number of carbonyl (C=O) groups is 2. The minimum atomic E-state index is -1.21. The molecule has 3 aliphatic heterocycles. The smallest absolute Gasteiger partial charge is 0.271 e. The lowest BCUT2D eigenvalue weighted by Gasteiger charge is -2.27. The van der Waals surface area contributed by atoms with Crippen molar-refractivity contribution in [3.8, 4) is 0 Å². The Labute approximate surface area is 142 Å². The number of nitro benzene ring substituents is 1. The number of imide groups is 1. The van der Waals surface area contributed by atoms with Gasteiger partial charge in [-0.3, -0.25) is 19.7 Å². The first-order valence-electron chi connectivity index (χ1n) is 7.88. The molecule has 1 N–H and O–H groups in total. The van der Waals surface area contributed by atoms with Gasteiger partial charge in [-0.1, -0.05) is 18.2 Å². The number of non-ortho nitro benzene ring substituents is 1. The van der Waals surface area contributed by atoms with Gasteiger partial charge in [-0.15, -0.1) is 0 Å². The summed E-state index contributed by atoms with van der Waals surface area (Å²) in [5, 5.41) is 20.8. The lowest BCUT2D eigenvalue weighted by molar-refractivity contribution is -0.384.